The number of halogens is 2. The van der Waals surface area contributed by atoms with Crippen LogP contribution in [0.15, 0.2) is 29.1 Å². The molecule has 1 atom stereocenters. The molecule has 2 aromatic rings. The van der Waals surface area contributed by atoms with E-state index in [2.05, 4.69) is 36.8 Å². The highest BCUT2D eigenvalue weighted by Gasteiger charge is 2.15. The number of H-pyrrole nitrogens is 1. The summed E-state index contributed by atoms with van der Waals surface area (Å²) in [5.41, 5.74) is 2.72. The van der Waals surface area contributed by atoms with Crippen molar-refractivity contribution in [2.24, 2.45) is 0 Å². The first kappa shape index (κ1) is 11.9. The van der Waals surface area contributed by atoms with Gasteiger partial charge in [0.25, 0.3) is 5.56 Å². The molecule has 0 amide bonds. The van der Waals surface area contributed by atoms with E-state index < -0.39 is 0 Å². The number of hydrogen-bond donors (Lipinski definition) is 1. The van der Waals surface area contributed by atoms with E-state index in [9.17, 15) is 4.79 Å². The average Bonchev–Trinajstić information content (AvgIpc) is 2.28. The van der Waals surface area contributed by atoms with Crippen molar-refractivity contribution in [2.75, 3.05) is 5.33 Å². The van der Waals surface area contributed by atoms with E-state index >= 15 is 0 Å². The van der Waals surface area contributed by atoms with Gasteiger partial charge in [0.1, 0.15) is 0 Å². The third-order valence-corrected chi connectivity index (χ3v) is 4.97. The van der Waals surface area contributed by atoms with Gasteiger partial charge in [-0.1, -0.05) is 50.1 Å². The summed E-state index contributed by atoms with van der Waals surface area (Å²) in [4.78, 5) is 14.9. The van der Waals surface area contributed by atoms with Gasteiger partial charge in [-0.05, 0) is 18.6 Å². The molecular formula is C12H11Br2NO. The third kappa shape index (κ3) is 1.96. The molecule has 0 aliphatic heterocycles. The quantitative estimate of drug-likeness (QED) is 0.828. The molecule has 0 saturated heterocycles. The van der Waals surface area contributed by atoms with Crippen LogP contribution in [-0.4, -0.2) is 10.3 Å². The van der Waals surface area contributed by atoms with Crippen molar-refractivity contribution in [2.45, 2.75) is 11.8 Å². The van der Waals surface area contributed by atoms with Gasteiger partial charge >= 0.3 is 0 Å². The fourth-order valence-corrected chi connectivity index (χ4v) is 2.75. The predicted molar refractivity (Wildman–Crippen MR) is 74.8 cm³/mol. The van der Waals surface area contributed by atoms with Crippen LogP contribution in [-0.2, 0) is 0 Å². The smallest absolute Gasteiger partial charge is 0.253 e. The second kappa shape index (κ2) is 4.72. The Kier molecular flexibility index (Phi) is 3.50. The molecule has 0 fully saturated rings. The number of nitrogens with one attached hydrogen (secondary N) is 1. The fraction of sp³-hybridized carbons (Fsp3) is 0.250. The maximum absolute atomic E-state index is 11.9. The number of pyridine rings is 1. The highest BCUT2D eigenvalue weighted by atomic mass is 79.9. The summed E-state index contributed by atoms with van der Waals surface area (Å²) in [6.07, 6.45) is 0. The van der Waals surface area contributed by atoms with Crippen LogP contribution in [0.5, 0.6) is 0 Å². The molecule has 0 aliphatic carbocycles. The summed E-state index contributed by atoms with van der Waals surface area (Å²) < 4.78 is 0. The van der Waals surface area contributed by atoms with Crippen molar-refractivity contribution >= 4 is 42.8 Å². The normalized spacial score (nSPS) is 12.9. The van der Waals surface area contributed by atoms with Crippen LogP contribution in [0.2, 0.25) is 0 Å². The molecule has 1 unspecified atom stereocenters. The molecule has 1 heterocycles. The van der Waals surface area contributed by atoms with Crippen LogP contribution in [0, 0.1) is 6.92 Å². The van der Waals surface area contributed by atoms with Crippen molar-refractivity contribution in [3.05, 3.63) is 45.7 Å². The Balaban J connectivity index is 2.81. The van der Waals surface area contributed by atoms with Gasteiger partial charge in [-0.2, -0.15) is 0 Å². The van der Waals surface area contributed by atoms with E-state index in [1.165, 1.54) is 0 Å². The Morgan fingerprint density at radius 1 is 1.38 bits per heavy atom. The number of alkyl halides is 2. The van der Waals surface area contributed by atoms with E-state index in [1.54, 1.807) is 0 Å². The highest BCUT2D eigenvalue weighted by Crippen LogP contribution is 2.27. The number of fused-ring (bicyclic) bond motifs is 1. The molecule has 4 heteroatoms. The minimum absolute atomic E-state index is 0.0162. The molecule has 2 nitrogen and oxygen atoms in total. The van der Waals surface area contributed by atoms with Gasteiger partial charge in [-0.15, -0.1) is 0 Å². The second-order valence-corrected chi connectivity index (χ2v) is 5.41. The van der Waals surface area contributed by atoms with Crippen LogP contribution >= 0.6 is 31.9 Å². The first-order valence-corrected chi connectivity index (χ1v) is 7.00. The van der Waals surface area contributed by atoms with E-state index in [4.69, 9.17) is 0 Å². The summed E-state index contributed by atoms with van der Waals surface area (Å²) in [7, 11) is 0. The molecule has 1 aromatic heterocycles. The largest absolute Gasteiger partial charge is 0.322 e. The van der Waals surface area contributed by atoms with Crippen LogP contribution < -0.4 is 5.56 Å². The number of rotatable bonds is 2. The van der Waals surface area contributed by atoms with Gasteiger partial charge in [0.05, 0.1) is 4.83 Å². The van der Waals surface area contributed by atoms with Crippen molar-refractivity contribution in [1.29, 1.82) is 0 Å². The topological polar surface area (TPSA) is 32.9 Å². The van der Waals surface area contributed by atoms with Crippen molar-refractivity contribution < 1.29 is 0 Å². The van der Waals surface area contributed by atoms with Gasteiger partial charge in [0.2, 0.25) is 0 Å². The van der Waals surface area contributed by atoms with Crippen LogP contribution in [0.25, 0.3) is 10.9 Å². The number of aromatic amines is 1. The van der Waals surface area contributed by atoms with Gasteiger partial charge in [0, 0.05) is 21.8 Å². The molecule has 0 bridgehead atoms. The lowest BCUT2D eigenvalue weighted by Crippen LogP contribution is -2.16. The molecule has 84 valence electrons. The maximum Gasteiger partial charge on any atom is 0.253 e. The minimum atomic E-state index is -0.0162. The monoisotopic (exact) mass is 343 g/mol. The summed E-state index contributed by atoms with van der Waals surface area (Å²) in [5, 5.41) is 1.82. The number of para-hydroxylation sites is 1. The molecule has 1 aromatic carbocycles. The van der Waals surface area contributed by atoms with Crippen molar-refractivity contribution in [3.8, 4) is 0 Å². The Morgan fingerprint density at radius 2 is 2.06 bits per heavy atom. The summed E-state index contributed by atoms with van der Waals surface area (Å²) in [6.45, 7) is 1.99. The van der Waals surface area contributed by atoms with E-state index in [0.717, 1.165) is 27.4 Å². The lowest BCUT2D eigenvalue weighted by molar-refractivity contribution is 1.06. The number of hydrogen-bond acceptors (Lipinski definition) is 1. The third-order valence-electron chi connectivity index (χ3n) is 2.68. The molecule has 16 heavy (non-hydrogen) atoms. The highest BCUT2D eigenvalue weighted by molar-refractivity contribution is 9.12. The average molecular weight is 345 g/mol. The number of aryl methyl sites for hydroxylation is 1. The minimum Gasteiger partial charge on any atom is -0.322 e. The van der Waals surface area contributed by atoms with E-state index in [1.807, 2.05) is 31.2 Å². The SMILES string of the molecule is Cc1c(C(Br)CBr)c(=O)[nH]c2ccccc12. The maximum atomic E-state index is 11.9. The molecule has 0 saturated carbocycles. The molecule has 0 radical (unpaired) electrons. The number of benzene rings is 1. The predicted octanol–water partition coefficient (Wildman–Crippen LogP) is 3.67. The standard InChI is InChI=1S/C12H11Br2NO/c1-7-8-4-2-3-5-10(8)15-12(16)11(7)9(14)6-13/h2-5,9H,6H2,1H3,(H,15,16). The van der Waals surface area contributed by atoms with Crippen LogP contribution in [0.4, 0.5) is 0 Å². The summed E-state index contributed by atoms with van der Waals surface area (Å²) in [6, 6.07) is 7.85. The molecule has 2 rings (SSSR count). The Hall–Kier alpha value is -0.610. The zero-order valence-corrected chi connectivity index (χ0v) is 11.9. The first-order valence-electron chi connectivity index (χ1n) is 4.96. The zero-order chi connectivity index (χ0) is 11.7. The lowest BCUT2D eigenvalue weighted by atomic mass is 10.0. The lowest BCUT2D eigenvalue weighted by Gasteiger charge is -2.11. The van der Waals surface area contributed by atoms with Crippen LogP contribution in [0.1, 0.15) is 16.0 Å². The molecule has 0 aliphatic rings. The van der Waals surface area contributed by atoms with Gasteiger partial charge < -0.3 is 4.98 Å². The summed E-state index contributed by atoms with van der Waals surface area (Å²) in [5.74, 6) is 0. The van der Waals surface area contributed by atoms with E-state index in [-0.39, 0.29) is 10.4 Å². The van der Waals surface area contributed by atoms with Gasteiger partial charge in [-0.3, -0.25) is 4.79 Å². The zero-order valence-electron chi connectivity index (χ0n) is 8.76. The molecular weight excluding hydrogens is 334 g/mol. The second-order valence-electron chi connectivity index (χ2n) is 3.66. The van der Waals surface area contributed by atoms with Crippen molar-refractivity contribution in [3.63, 3.8) is 0 Å². The molecule has 1 N–H and O–H groups in total. The van der Waals surface area contributed by atoms with Crippen molar-refractivity contribution in [1.82, 2.24) is 4.98 Å². The van der Waals surface area contributed by atoms with Crippen LogP contribution in [0.3, 0.4) is 0 Å². The number of aromatic nitrogens is 1. The Labute approximate surface area is 110 Å². The first-order chi connectivity index (χ1) is 7.65. The Bertz CT molecular complexity index is 577. The van der Waals surface area contributed by atoms with Gasteiger partial charge in [-0.25, -0.2) is 0 Å². The van der Waals surface area contributed by atoms with E-state index in [0.29, 0.717) is 0 Å². The molecule has 0 spiro atoms. The summed E-state index contributed by atoms with van der Waals surface area (Å²) >= 11 is 6.89. The van der Waals surface area contributed by atoms with Gasteiger partial charge in [0.15, 0.2) is 0 Å². The Morgan fingerprint density at radius 3 is 2.75 bits per heavy atom. The fourth-order valence-electron chi connectivity index (χ4n) is 1.88.